The monoisotopic (exact) mass is 199 g/mol. The quantitative estimate of drug-likeness (QED) is 0.488. The van der Waals surface area contributed by atoms with Gasteiger partial charge in [0.2, 0.25) is 0 Å². The Morgan fingerprint density at radius 3 is 2.50 bits per heavy atom. The smallest absolute Gasteiger partial charge is 0.107 e. The van der Waals surface area contributed by atoms with Crippen molar-refractivity contribution in [2.24, 2.45) is 5.92 Å². The zero-order valence-corrected chi connectivity index (χ0v) is 9.43. The third-order valence-electron chi connectivity index (χ3n) is 1.43. The van der Waals surface area contributed by atoms with Gasteiger partial charge in [-0.2, -0.15) is 0 Å². The number of rotatable bonds is 7. The van der Waals surface area contributed by atoms with E-state index in [0.29, 0.717) is 25.7 Å². The van der Waals surface area contributed by atoms with Gasteiger partial charge in [-0.3, -0.25) is 0 Å². The summed E-state index contributed by atoms with van der Waals surface area (Å²) in [4.78, 5) is 0. The Hall–Kier alpha value is -0.560. The summed E-state index contributed by atoms with van der Waals surface area (Å²) in [5.41, 5.74) is 0. The van der Waals surface area contributed by atoms with E-state index in [1.165, 1.54) is 0 Å². The second-order valence-electron chi connectivity index (χ2n) is 3.24. The molecule has 14 heavy (non-hydrogen) atoms. The van der Waals surface area contributed by atoms with Crippen LogP contribution in [0.3, 0.4) is 0 Å². The first-order valence-electron chi connectivity index (χ1n) is 5.06. The predicted molar refractivity (Wildman–Crippen MR) is 58.2 cm³/mol. The van der Waals surface area contributed by atoms with Gasteiger partial charge in [-0.05, 0) is 7.05 Å². The maximum atomic E-state index is 5.27. The van der Waals surface area contributed by atoms with Gasteiger partial charge in [0.25, 0.3) is 0 Å². The zero-order valence-electron chi connectivity index (χ0n) is 9.43. The summed E-state index contributed by atoms with van der Waals surface area (Å²) in [6.07, 6.45) is 0. The average Bonchev–Trinajstić information content (AvgIpc) is 2.15. The van der Waals surface area contributed by atoms with Gasteiger partial charge >= 0.3 is 0 Å². The van der Waals surface area contributed by atoms with Crippen LogP contribution in [0.2, 0.25) is 0 Å². The lowest BCUT2D eigenvalue weighted by molar-refractivity contribution is 0.0618. The average molecular weight is 199 g/mol. The second kappa shape index (κ2) is 10.5. The topological polar surface area (TPSA) is 30.5 Å². The highest BCUT2D eigenvalue weighted by molar-refractivity contribution is 5.01. The molecule has 0 aromatic carbocycles. The largest absolute Gasteiger partial charge is 0.378 e. The maximum absolute atomic E-state index is 5.27. The molecule has 3 heteroatoms. The van der Waals surface area contributed by atoms with E-state index >= 15 is 0 Å². The van der Waals surface area contributed by atoms with Crippen LogP contribution < -0.4 is 5.32 Å². The highest BCUT2D eigenvalue weighted by Crippen LogP contribution is 1.85. The molecule has 1 N–H and O–H groups in total. The Bertz CT molecular complexity index is 170. The molecule has 0 atom stereocenters. The molecule has 0 aromatic rings. The summed E-state index contributed by atoms with van der Waals surface area (Å²) in [6.45, 7) is 7.52. The lowest BCUT2D eigenvalue weighted by atomic mass is 10.2. The van der Waals surface area contributed by atoms with Gasteiger partial charge in [0.05, 0.1) is 19.8 Å². The lowest BCUT2D eigenvalue weighted by Crippen LogP contribution is -2.16. The molecule has 0 aliphatic heterocycles. The molecule has 0 unspecified atom stereocenters. The number of ether oxygens (including phenoxy) is 2. The van der Waals surface area contributed by atoms with Gasteiger partial charge in [-0.25, -0.2) is 0 Å². The molecular weight excluding hydrogens is 178 g/mol. The molecule has 82 valence electrons. The Kier molecular flexibility index (Phi) is 10.1. The zero-order chi connectivity index (χ0) is 10.6. The fraction of sp³-hybridized carbons (Fsp3) is 0.818. The van der Waals surface area contributed by atoms with Gasteiger partial charge in [0.1, 0.15) is 6.61 Å². The maximum Gasteiger partial charge on any atom is 0.107 e. The van der Waals surface area contributed by atoms with Crippen LogP contribution >= 0.6 is 0 Å². The van der Waals surface area contributed by atoms with E-state index in [1.54, 1.807) is 0 Å². The molecule has 0 aromatic heterocycles. The number of nitrogens with one attached hydrogen (secondary N) is 1. The summed E-state index contributed by atoms with van der Waals surface area (Å²) in [6, 6.07) is 0. The molecular formula is C11H21NO2. The SMILES string of the molecule is CNCCOCCOCC#CC(C)C. The van der Waals surface area contributed by atoms with Crippen LogP contribution in [0.25, 0.3) is 0 Å². The molecule has 0 fully saturated rings. The van der Waals surface area contributed by atoms with Crippen molar-refractivity contribution in [3.63, 3.8) is 0 Å². The second-order valence-corrected chi connectivity index (χ2v) is 3.24. The minimum atomic E-state index is 0.422. The Morgan fingerprint density at radius 1 is 1.14 bits per heavy atom. The molecule has 0 heterocycles. The van der Waals surface area contributed by atoms with Crippen molar-refractivity contribution >= 4 is 0 Å². The Balaban J connectivity index is 3.04. The normalized spacial score (nSPS) is 10.0. The van der Waals surface area contributed by atoms with Gasteiger partial charge < -0.3 is 14.8 Å². The van der Waals surface area contributed by atoms with E-state index in [0.717, 1.165) is 13.2 Å². The number of likely N-dealkylation sites (N-methyl/N-ethyl adjacent to an activating group) is 1. The van der Waals surface area contributed by atoms with E-state index in [1.807, 2.05) is 7.05 Å². The van der Waals surface area contributed by atoms with E-state index in [-0.39, 0.29) is 0 Å². The van der Waals surface area contributed by atoms with Crippen LogP contribution in [-0.4, -0.2) is 40.0 Å². The molecule has 3 nitrogen and oxygen atoms in total. The summed E-state index contributed by atoms with van der Waals surface area (Å²) in [7, 11) is 1.90. The van der Waals surface area contributed by atoms with Crippen LogP contribution in [0, 0.1) is 17.8 Å². The van der Waals surface area contributed by atoms with E-state index < -0.39 is 0 Å². The first-order valence-corrected chi connectivity index (χ1v) is 5.06. The van der Waals surface area contributed by atoms with Crippen molar-refractivity contribution in [3.05, 3.63) is 0 Å². The fourth-order valence-corrected chi connectivity index (χ4v) is 0.763. The lowest BCUT2D eigenvalue weighted by Gasteiger charge is -2.02. The molecule has 0 rings (SSSR count). The molecule has 0 radical (unpaired) electrons. The third kappa shape index (κ3) is 11.4. The molecule has 0 bridgehead atoms. The Morgan fingerprint density at radius 2 is 1.86 bits per heavy atom. The molecule has 0 amide bonds. The molecule has 0 aliphatic rings. The van der Waals surface area contributed by atoms with E-state index in [9.17, 15) is 0 Å². The predicted octanol–water partition coefficient (Wildman–Crippen LogP) is 0.898. The van der Waals surface area contributed by atoms with Gasteiger partial charge in [-0.1, -0.05) is 25.7 Å². The van der Waals surface area contributed by atoms with E-state index in [2.05, 4.69) is 31.0 Å². The van der Waals surface area contributed by atoms with Crippen molar-refractivity contribution in [1.82, 2.24) is 5.32 Å². The molecule has 0 saturated heterocycles. The fourth-order valence-electron chi connectivity index (χ4n) is 0.763. The van der Waals surface area contributed by atoms with Gasteiger partial charge in [-0.15, -0.1) is 0 Å². The minimum absolute atomic E-state index is 0.422. The highest BCUT2D eigenvalue weighted by atomic mass is 16.5. The van der Waals surface area contributed by atoms with Crippen LogP contribution in [-0.2, 0) is 9.47 Å². The van der Waals surface area contributed by atoms with Crippen molar-refractivity contribution in [2.75, 3.05) is 40.0 Å². The third-order valence-corrected chi connectivity index (χ3v) is 1.43. The number of hydrogen-bond acceptors (Lipinski definition) is 3. The first-order chi connectivity index (χ1) is 6.77. The van der Waals surface area contributed by atoms with Crippen LogP contribution in [0.4, 0.5) is 0 Å². The van der Waals surface area contributed by atoms with Crippen LogP contribution in [0.1, 0.15) is 13.8 Å². The van der Waals surface area contributed by atoms with Crippen LogP contribution in [0.15, 0.2) is 0 Å². The summed E-state index contributed by atoms with van der Waals surface area (Å²) in [5, 5.41) is 3.00. The summed E-state index contributed by atoms with van der Waals surface area (Å²) < 4.78 is 10.5. The van der Waals surface area contributed by atoms with Crippen molar-refractivity contribution in [2.45, 2.75) is 13.8 Å². The minimum Gasteiger partial charge on any atom is -0.378 e. The molecule has 0 aliphatic carbocycles. The first kappa shape index (κ1) is 13.4. The molecule has 0 spiro atoms. The van der Waals surface area contributed by atoms with E-state index in [4.69, 9.17) is 9.47 Å². The summed E-state index contributed by atoms with van der Waals surface area (Å²) >= 11 is 0. The summed E-state index contributed by atoms with van der Waals surface area (Å²) in [5.74, 6) is 6.40. The highest BCUT2D eigenvalue weighted by Gasteiger charge is 1.87. The van der Waals surface area contributed by atoms with Gasteiger partial charge in [0.15, 0.2) is 0 Å². The molecule has 0 saturated carbocycles. The Labute approximate surface area is 87.2 Å². The van der Waals surface area contributed by atoms with Crippen LogP contribution in [0.5, 0.6) is 0 Å². The van der Waals surface area contributed by atoms with Gasteiger partial charge in [0, 0.05) is 12.5 Å². The standard InChI is InChI=1S/C11H21NO2/c1-11(2)5-4-7-13-9-10-14-8-6-12-3/h11-12H,6-10H2,1-3H3. The van der Waals surface area contributed by atoms with Crippen molar-refractivity contribution < 1.29 is 9.47 Å². The number of hydrogen-bond donors (Lipinski definition) is 1. The van der Waals surface area contributed by atoms with Crippen molar-refractivity contribution in [3.8, 4) is 11.8 Å². The van der Waals surface area contributed by atoms with Crippen molar-refractivity contribution in [1.29, 1.82) is 0 Å².